The highest BCUT2D eigenvalue weighted by Crippen LogP contribution is 2.25. The van der Waals surface area contributed by atoms with Crippen molar-refractivity contribution in [3.05, 3.63) is 34.3 Å². The predicted octanol–water partition coefficient (Wildman–Crippen LogP) is 2.75. The van der Waals surface area contributed by atoms with Gasteiger partial charge < -0.3 is 11.1 Å². The van der Waals surface area contributed by atoms with Crippen LogP contribution in [0, 0.1) is 5.92 Å². The van der Waals surface area contributed by atoms with Crippen molar-refractivity contribution in [1.82, 2.24) is 5.32 Å². The standard InChI is InChI=1S/C14H19BrN2O/c1-9(10-3-2-4-12(15)7-10)17-14(18)11-5-6-13(16)8-11/h2-4,7,9,11,13H,5-6,8,16H2,1H3,(H,17,18). The largest absolute Gasteiger partial charge is 0.349 e. The third-order valence-corrected chi connectivity index (χ3v) is 4.04. The van der Waals surface area contributed by atoms with Gasteiger partial charge in [0.2, 0.25) is 5.91 Å². The van der Waals surface area contributed by atoms with Gasteiger partial charge in [0, 0.05) is 16.4 Å². The number of nitrogens with two attached hydrogens (primary N) is 1. The molecule has 1 aliphatic rings. The summed E-state index contributed by atoms with van der Waals surface area (Å²) in [4.78, 5) is 12.1. The Hall–Kier alpha value is -0.870. The van der Waals surface area contributed by atoms with Crippen LogP contribution in [0.3, 0.4) is 0 Å². The van der Waals surface area contributed by atoms with Gasteiger partial charge in [0.05, 0.1) is 6.04 Å². The minimum Gasteiger partial charge on any atom is -0.349 e. The first-order valence-electron chi connectivity index (χ1n) is 6.37. The van der Waals surface area contributed by atoms with E-state index in [2.05, 4.69) is 21.2 Å². The number of amides is 1. The van der Waals surface area contributed by atoms with Crippen molar-refractivity contribution in [1.29, 1.82) is 0 Å². The van der Waals surface area contributed by atoms with Crippen LogP contribution in [0.5, 0.6) is 0 Å². The van der Waals surface area contributed by atoms with Crippen molar-refractivity contribution in [2.45, 2.75) is 38.3 Å². The van der Waals surface area contributed by atoms with E-state index < -0.39 is 0 Å². The highest BCUT2D eigenvalue weighted by molar-refractivity contribution is 9.10. The van der Waals surface area contributed by atoms with Crippen molar-refractivity contribution in [2.75, 3.05) is 0 Å². The van der Waals surface area contributed by atoms with Gasteiger partial charge in [0.1, 0.15) is 0 Å². The minimum absolute atomic E-state index is 0.0341. The zero-order chi connectivity index (χ0) is 13.1. The van der Waals surface area contributed by atoms with E-state index in [1.807, 2.05) is 31.2 Å². The molecule has 1 aliphatic carbocycles. The second kappa shape index (κ2) is 5.85. The fraction of sp³-hybridized carbons (Fsp3) is 0.500. The average molecular weight is 311 g/mol. The van der Waals surface area contributed by atoms with Crippen LogP contribution in [-0.2, 0) is 4.79 Å². The summed E-state index contributed by atoms with van der Waals surface area (Å²) in [5, 5.41) is 3.07. The maximum absolute atomic E-state index is 12.1. The molecular formula is C14H19BrN2O. The number of carbonyl (C=O) groups excluding carboxylic acids is 1. The van der Waals surface area contributed by atoms with E-state index in [0.29, 0.717) is 0 Å². The molecular weight excluding hydrogens is 292 g/mol. The van der Waals surface area contributed by atoms with E-state index in [1.54, 1.807) is 0 Å². The van der Waals surface area contributed by atoms with Crippen molar-refractivity contribution >= 4 is 21.8 Å². The first-order chi connectivity index (χ1) is 8.56. The molecule has 3 nitrogen and oxygen atoms in total. The Labute approximate surface area is 116 Å². The molecule has 1 amide bonds. The van der Waals surface area contributed by atoms with E-state index in [9.17, 15) is 4.79 Å². The van der Waals surface area contributed by atoms with Gasteiger partial charge in [-0.2, -0.15) is 0 Å². The van der Waals surface area contributed by atoms with Crippen LogP contribution < -0.4 is 11.1 Å². The van der Waals surface area contributed by atoms with Gasteiger partial charge in [0.25, 0.3) is 0 Å². The van der Waals surface area contributed by atoms with Crippen LogP contribution in [-0.4, -0.2) is 11.9 Å². The van der Waals surface area contributed by atoms with E-state index in [1.165, 1.54) is 0 Å². The van der Waals surface area contributed by atoms with Gasteiger partial charge in [-0.15, -0.1) is 0 Å². The Morgan fingerprint density at radius 1 is 1.50 bits per heavy atom. The Balaban J connectivity index is 1.95. The molecule has 3 unspecified atom stereocenters. The monoisotopic (exact) mass is 310 g/mol. The summed E-state index contributed by atoms with van der Waals surface area (Å²) >= 11 is 3.44. The second-order valence-electron chi connectivity index (χ2n) is 5.06. The maximum Gasteiger partial charge on any atom is 0.223 e. The lowest BCUT2D eigenvalue weighted by atomic mass is 10.0. The molecule has 0 aliphatic heterocycles. The summed E-state index contributed by atoms with van der Waals surface area (Å²) in [5.74, 6) is 0.227. The molecule has 0 radical (unpaired) electrons. The highest BCUT2D eigenvalue weighted by atomic mass is 79.9. The van der Waals surface area contributed by atoms with Gasteiger partial charge in [0.15, 0.2) is 0 Å². The summed E-state index contributed by atoms with van der Waals surface area (Å²) in [6, 6.07) is 8.25. The highest BCUT2D eigenvalue weighted by Gasteiger charge is 2.28. The van der Waals surface area contributed by atoms with E-state index in [0.717, 1.165) is 29.3 Å². The number of rotatable bonds is 3. The third kappa shape index (κ3) is 3.33. The Morgan fingerprint density at radius 2 is 2.28 bits per heavy atom. The quantitative estimate of drug-likeness (QED) is 0.902. The van der Waals surface area contributed by atoms with Crippen LogP contribution in [0.25, 0.3) is 0 Å². The number of halogens is 1. The van der Waals surface area contributed by atoms with Gasteiger partial charge >= 0.3 is 0 Å². The number of benzene rings is 1. The van der Waals surface area contributed by atoms with Crippen LogP contribution in [0.4, 0.5) is 0 Å². The zero-order valence-corrected chi connectivity index (χ0v) is 12.1. The minimum atomic E-state index is 0.0341. The van der Waals surface area contributed by atoms with Crippen LogP contribution in [0.1, 0.15) is 37.8 Å². The molecule has 3 atom stereocenters. The van der Waals surface area contributed by atoms with Gasteiger partial charge in [-0.05, 0) is 43.9 Å². The van der Waals surface area contributed by atoms with Crippen molar-refractivity contribution in [2.24, 2.45) is 11.7 Å². The van der Waals surface area contributed by atoms with Crippen molar-refractivity contribution in [3.8, 4) is 0 Å². The lowest BCUT2D eigenvalue weighted by molar-refractivity contribution is -0.125. The summed E-state index contributed by atoms with van der Waals surface area (Å²) in [6.07, 6.45) is 2.69. The van der Waals surface area contributed by atoms with E-state index in [-0.39, 0.29) is 23.9 Å². The molecule has 1 saturated carbocycles. The zero-order valence-electron chi connectivity index (χ0n) is 10.5. The van der Waals surface area contributed by atoms with Gasteiger partial charge in [-0.25, -0.2) is 0 Å². The molecule has 3 N–H and O–H groups in total. The molecule has 18 heavy (non-hydrogen) atoms. The van der Waals surface area contributed by atoms with Crippen LogP contribution >= 0.6 is 15.9 Å². The first kappa shape index (κ1) is 13.6. The molecule has 0 saturated heterocycles. The Morgan fingerprint density at radius 3 is 2.89 bits per heavy atom. The summed E-state index contributed by atoms with van der Waals surface area (Å²) in [5.41, 5.74) is 6.95. The summed E-state index contributed by atoms with van der Waals surface area (Å²) < 4.78 is 1.03. The molecule has 0 aromatic heterocycles. The molecule has 1 aromatic carbocycles. The fourth-order valence-electron chi connectivity index (χ4n) is 2.45. The third-order valence-electron chi connectivity index (χ3n) is 3.55. The number of hydrogen-bond donors (Lipinski definition) is 2. The predicted molar refractivity (Wildman–Crippen MR) is 76.0 cm³/mol. The number of nitrogens with one attached hydrogen (secondary N) is 1. The molecule has 0 spiro atoms. The van der Waals surface area contributed by atoms with Gasteiger partial charge in [-0.3, -0.25) is 4.79 Å². The molecule has 1 fully saturated rings. The first-order valence-corrected chi connectivity index (χ1v) is 7.17. The average Bonchev–Trinajstić information content (AvgIpc) is 2.76. The smallest absolute Gasteiger partial charge is 0.223 e. The molecule has 2 rings (SSSR count). The molecule has 1 aromatic rings. The number of hydrogen-bond acceptors (Lipinski definition) is 2. The summed E-state index contributed by atoms with van der Waals surface area (Å²) in [7, 11) is 0. The SMILES string of the molecule is CC(NC(=O)C1CCC(N)C1)c1cccc(Br)c1. The Bertz CT molecular complexity index is 436. The lowest BCUT2D eigenvalue weighted by Crippen LogP contribution is -2.32. The lowest BCUT2D eigenvalue weighted by Gasteiger charge is -2.17. The van der Waals surface area contributed by atoms with Crippen LogP contribution in [0.15, 0.2) is 28.7 Å². The van der Waals surface area contributed by atoms with Crippen molar-refractivity contribution < 1.29 is 4.79 Å². The van der Waals surface area contributed by atoms with E-state index >= 15 is 0 Å². The number of carbonyl (C=O) groups is 1. The van der Waals surface area contributed by atoms with Gasteiger partial charge in [-0.1, -0.05) is 28.1 Å². The summed E-state index contributed by atoms with van der Waals surface area (Å²) in [6.45, 7) is 2.01. The van der Waals surface area contributed by atoms with Crippen LogP contribution in [0.2, 0.25) is 0 Å². The Kier molecular flexibility index (Phi) is 4.40. The molecule has 98 valence electrons. The molecule has 4 heteroatoms. The second-order valence-corrected chi connectivity index (χ2v) is 5.97. The normalized spacial score (nSPS) is 24.8. The van der Waals surface area contributed by atoms with E-state index in [4.69, 9.17) is 5.73 Å². The fourth-order valence-corrected chi connectivity index (χ4v) is 2.86. The molecule has 0 heterocycles. The topological polar surface area (TPSA) is 55.1 Å². The maximum atomic E-state index is 12.1. The van der Waals surface area contributed by atoms with Crippen molar-refractivity contribution in [3.63, 3.8) is 0 Å². The molecule has 0 bridgehead atoms.